The van der Waals surface area contributed by atoms with Crippen LogP contribution in [-0.4, -0.2) is 36.2 Å². The minimum absolute atomic E-state index is 0.487. The van der Waals surface area contributed by atoms with Gasteiger partial charge in [-0.3, -0.25) is 4.90 Å². The molecule has 3 heterocycles. The van der Waals surface area contributed by atoms with Crippen LogP contribution in [0.25, 0.3) is 16.5 Å². The molecule has 104 valence electrons. The summed E-state index contributed by atoms with van der Waals surface area (Å²) in [6.45, 7) is 4.49. The Morgan fingerprint density at radius 1 is 1.25 bits per heavy atom. The maximum Gasteiger partial charge on any atom is 0.120 e. The van der Waals surface area contributed by atoms with E-state index in [0.717, 1.165) is 18.8 Å². The van der Waals surface area contributed by atoms with E-state index < -0.39 is 0 Å². The second-order valence-electron chi connectivity index (χ2n) is 6.14. The van der Waals surface area contributed by atoms with Gasteiger partial charge in [-0.1, -0.05) is 13.0 Å². The number of benzene rings is 1. The monoisotopic (exact) mass is 268 g/mol. The van der Waals surface area contributed by atoms with Gasteiger partial charge in [0.15, 0.2) is 0 Å². The fourth-order valence-corrected chi connectivity index (χ4v) is 3.79. The number of likely N-dealkylation sites (N-methyl/N-ethyl adjacent to an activating group) is 1. The van der Waals surface area contributed by atoms with Crippen LogP contribution in [0.5, 0.6) is 5.75 Å². The Bertz CT molecular complexity index is 713. The summed E-state index contributed by atoms with van der Waals surface area (Å²) >= 11 is 0. The second kappa shape index (κ2) is 4.13. The van der Waals surface area contributed by atoms with E-state index in [0.29, 0.717) is 12.0 Å². The number of hydrogen-bond acceptors (Lipinski definition) is 2. The molecule has 1 aromatic carbocycles. The van der Waals surface area contributed by atoms with Gasteiger partial charge >= 0.3 is 0 Å². The average Bonchev–Trinajstić information content (AvgIpc) is 2.84. The first kappa shape index (κ1) is 12.0. The van der Waals surface area contributed by atoms with Crippen LogP contribution in [0.2, 0.25) is 0 Å². The highest BCUT2D eigenvalue weighted by atomic mass is 16.5. The first-order chi connectivity index (χ1) is 9.67. The molecule has 4 rings (SSSR count). The van der Waals surface area contributed by atoms with E-state index in [1.807, 2.05) is 0 Å². The van der Waals surface area contributed by atoms with Gasteiger partial charge in [-0.05, 0) is 36.7 Å². The van der Waals surface area contributed by atoms with Crippen molar-refractivity contribution in [2.24, 2.45) is 5.92 Å². The number of rotatable bonds is 1. The van der Waals surface area contributed by atoms with Crippen molar-refractivity contribution in [1.29, 1.82) is 0 Å². The smallest absolute Gasteiger partial charge is 0.120 e. The van der Waals surface area contributed by atoms with E-state index in [2.05, 4.69) is 53.9 Å². The van der Waals surface area contributed by atoms with Gasteiger partial charge in [-0.15, -0.1) is 0 Å². The fraction of sp³-hybridized carbons (Fsp3) is 0.412. The topological polar surface area (TPSA) is 17.4 Å². The summed E-state index contributed by atoms with van der Waals surface area (Å²) in [5.41, 5.74) is 4.18. The SMILES string of the molecule is COc1cc2c3c(ccn3CC3C2=C[C@@H](C)CN3C)c1. The van der Waals surface area contributed by atoms with Crippen LogP contribution in [0.15, 0.2) is 30.5 Å². The zero-order chi connectivity index (χ0) is 13.9. The average molecular weight is 268 g/mol. The molecule has 1 unspecified atom stereocenters. The highest BCUT2D eigenvalue weighted by Crippen LogP contribution is 2.40. The lowest BCUT2D eigenvalue weighted by atomic mass is 9.86. The summed E-state index contributed by atoms with van der Waals surface area (Å²) in [7, 11) is 3.98. The van der Waals surface area contributed by atoms with E-state index in [4.69, 9.17) is 4.74 Å². The van der Waals surface area contributed by atoms with Gasteiger partial charge in [0.25, 0.3) is 0 Å². The first-order valence-corrected chi connectivity index (χ1v) is 7.26. The molecule has 0 spiro atoms. The first-order valence-electron chi connectivity index (χ1n) is 7.26. The molecule has 0 N–H and O–H groups in total. The van der Waals surface area contributed by atoms with E-state index in [1.165, 1.54) is 22.0 Å². The molecule has 0 bridgehead atoms. The van der Waals surface area contributed by atoms with E-state index in [-0.39, 0.29) is 0 Å². The van der Waals surface area contributed by atoms with Crippen molar-refractivity contribution in [2.45, 2.75) is 19.5 Å². The predicted octanol–water partition coefficient (Wildman–Crippen LogP) is 3.00. The van der Waals surface area contributed by atoms with Crippen LogP contribution in [0, 0.1) is 5.92 Å². The molecule has 0 aliphatic carbocycles. The molecule has 2 aromatic rings. The van der Waals surface area contributed by atoms with Gasteiger partial charge in [0.2, 0.25) is 0 Å². The maximum atomic E-state index is 5.48. The van der Waals surface area contributed by atoms with Gasteiger partial charge in [0, 0.05) is 30.2 Å². The molecule has 0 saturated carbocycles. The van der Waals surface area contributed by atoms with Crippen molar-refractivity contribution in [3.05, 3.63) is 36.0 Å². The molecule has 20 heavy (non-hydrogen) atoms. The van der Waals surface area contributed by atoms with Gasteiger partial charge in [-0.25, -0.2) is 0 Å². The number of hydrogen-bond donors (Lipinski definition) is 0. The van der Waals surface area contributed by atoms with E-state index in [1.54, 1.807) is 7.11 Å². The summed E-state index contributed by atoms with van der Waals surface area (Å²) in [6, 6.07) is 7.01. The molecular weight excluding hydrogens is 248 g/mol. The van der Waals surface area contributed by atoms with Crippen molar-refractivity contribution in [1.82, 2.24) is 9.47 Å². The number of fused-ring (bicyclic) bond motifs is 2. The van der Waals surface area contributed by atoms with Crippen molar-refractivity contribution in [3.8, 4) is 5.75 Å². The van der Waals surface area contributed by atoms with Gasteiger partial charge < -0.3 is 9.30 Å². The summed E-state index contributed by atoms with van der Waals surface area (Å²) in [6.07, 6.45) is 4.66. The molecule has 2 aliphatic rings. The third-order valence-electron chi connectivity index (χ3n) is 4.68. The lowest BCUT2D eigenvalue weighted by Crippen LogP contribution is -2.43. The summed E-state index contributed by atoms with van der Waals surface area (Å²) in [5.74, 6) is 1.56. The second-order valence-corrected chi connectivity index (χ2v) is 6.14. The number of aromatic nitrogens is 1. The maximum absolute atomic E-state index is 5.48. The molecule has 0 saturated heterocycles. The summed E-state index contributed by atoms with van der Waals surface area (Å²) < 4.78 is 7.87. The largest absolute Gasteiger partial charge is 0.497 e. The third kappa shape index (κ3) is 1.56. The molecule has 1 aromatic heterocycles. The van der Waals surface area contributed by atoms with Gasteiger partial charge in [0.05, 0.1) is 18.7 Å². The van der Waals surface area contributed by atoms with Crippen LogP contribution in [0.3, 0.4) is 0 Å². The van der Waals surface area contributed by atoms with Gasteiger partial charge in [-0.2, -0.15) is 0 Å². The van der Waals surface area contributed by atoms with Crippen LogP contribution in [-0.2, 0) is 6.54 Å². The van der Waals surface area contributed by atoms with Crippen LogP contribution in [0.4, 0.5) is 0 Å². The highest BCUT2D eigenvalue weighted by Gasteiger charge is 2.32. The standard InChI is InChI=1S/C17H20N2O/c1-11-6-14-15-8-13(20-3)7-12-4-5-19(17(12)15)10-16(14)18(2)9-11/h4-8,11,16H,9-10H2,1-3H3/t11-,16?/m1/s1. The summed E-state index contributed by atoms with van der Waals surface area (Å²) in [5, 5.41) is 1.28. The minimum atomic E-state index is 0.487. The molecule has 0 fully saturated rings. The molecule has 3 nitrogen and oxygen atoms in total. The zero-order valence-corrected chi connectivity index (χ0v) is 12.3. The number of nitrogens with zero attached hydrogens (tertiary/aromatic N) is 2. The summed E-state index contributed by atoms with van der Waals surface area (Å²) in [4.78, 5) is 2.48. The fourth-order valence-electron chi connectivity index (χ4n) is 3.79. The van der Waals surface area contributed by atoms with E-state index in [9.17, 15) is 0 Å². The Kier molecular flexibility index (Phi) is 2.48. The van der Waals surface area contributed by atoms with Crippen molar-refractivity contribution in [3.63, 3.8) is 0 Å². The van der Waals surface area contributed by atoms with Gasteiger partial charge in [0.1, 0.15) is 5.75 Å². The van der Waals surface area contributed by atoms with Crippen molar-refractivity contribution >= 4 is 16.5 Å². The van der Waals surface area contributed by atoms with Crippen molar-refractivity contribution < 1.29 is 4.74 Å². The Hall–Kier alpha value is -1.74. The van der Waals surface area contributed by atoms with E-state index >= 15 is 0 Å². The molecule has 3 heteroatoms. The van der Waals surface area contributed by atoms with Crippen LogP contribution >= 0.6 is 0 Å². The molecule has 2 atom stereocenters. The molecule has 0 radical (unpaired) electrons. The lowest BCUT2D eigenvalue weighted by Gasteiger charge is -2.39. The Morgan fingerprint density at radius 2 is 2.10 bits per heavy atom. The quantitative estimate of drug-likeness (QED) is 0.791. The predicted molar refractivity (Wildman–Crippen MR) is 82.0 cm³/mol. The Morgan fingerprint density at radius 3 is 2.90 bits per heavy atom. The lowest BCUT2D eigenvalue weighted by molar-refractivity contribution is 0.234. The van der Waals surface area contributed by atoms with Crippen LogP contribution in [0.1, 0.15) is 12.5 Å². The Balaban J connectivity index is 2.01. The normalized spacial score (nSPS) is 25.4. The highest BCUT2D eigenvalue weighted by molar-refractivity contribution is 5.96. The number of methoxy groups -OCH3 is 1. The van der Waals surface area contributed by atoms with Crippen LogP contribution < -0.4 is 4.74 Å². The molecule has 0 amide bonds. The molecule has 2 aliphatic heterocycles. The molecular formula is C17H20N2O. The third-order valence-corrected chi connectivity index (χ3v) is 4.68. The van der Waals surface area contributed by atoms with Crippen molar-refractivity contribution in [2.75, 3.05) is 20.7 Å². The Labute approximate surface area is 119 Å². The minimum Gasteiger partial charge on any atom is -0.497 e. The number of ether oxygens (including phenoxy) is 1. The zero-order valence-electron chi connectivity index (χ0n) is 12.3.